The van der Waals surface area contributed by atoms with Gasteiger partial charge in [-0.15, -0.1) is 11.6 Å². The number of anilines is 1. The average Bonchev–Trinajstić information content (AvgIpc) is 2.43. The van der Waals surface area contributed by atoms with E-state index < -0.39 is 0 Å². The molecular weight excluding hydrogens is 287 g/mol. The van der Waals surface area contributed by atoms with Crippen molar-refractivity contribution in [2.45, 2.75) is 12.3 Å². The number of halogens is 2. The van der Waals surface area contributed by atoms with Crippen LogP contribution in [0.25, 0.3) is 0 Å². The molecule has 0 aliphatic carbocycles. The predicted octanol–water partition coefficient (Wildman–Crippen LogP) is 2.96. The molecule has 108 valence electrons. The summed E-state index contributed by atoms with van der Waals surface area (Å²) >= 11 is 11.9. The minimum atomic E-state index is 0.380. The Morgan fingerprint density at radius 1 is 1.21 bits per heavy atom. The van der Waals surface area contributed by atoms with E-state index in [0.29, 0.717) is 17.5 Å². The van der Waals surface area contributed by atoms with Crippen molar-refractivity contribution in [1.29, 1.82) is 0 Å². The van der Waals surface area contributed by atoms with Crippen LogP contribution in [0.15, 0.2) is 12.3 Å². The summed E-state index contributed by atoms with van der Waals surface area (Å²) in [6.07, 6.45) is 2.57. The highest BCUT2D eigenvalue weighted by Crippen LogP contribution is 2.22. The smallest absolute Gasteiger partial charge is 0.128 e. The van der Waals surface area contributed by atoms with Crippen molar-refractivity contribution in [3.63, 3.8) is 0 Å². The van der Waals surface area contributed by atoms with E-state index in [1.807, 2.05) is 6.07 Å². The molecule has 0 aliphatic heterocycles. The van der Waals surface area contributed by atoms with Crippen molar-refractivity contribution in [1.82, 2.24) is 4.98 Å². The molecule has 0 unspecified atom stereocenters. The van der Waals surface area contributed by atoms with Crippen molar-refractivity contribution in [2.75, 3.05) is 45.4 Å². The van der Waals surface area contributed by atoms with Crippen molar-refractivity contribution in [2.24, 2.45) is 0 Å². The summed E-state index contributed by atoms with van der Waals surface area (Å²) in [4.78, 5) is 6.51. The van der Waals surface area contributed by atoms with Crippen molar-refractivity contribution >= 4 is 29.0 Å². The fourth-order valence-electron chi connectivity index (χ4n) is 1.69. The van der Waals surface area contributed by atoms with Crippen LogP contribution in [0.5, 0.6) is 0 Å². The van der Waals surface area contributed by atoms with E-state index >= 15 is 0 Å². The number of ether oxygens (including phenoxy) is 2. The Kier molecular flexibility index (Phi) is 8.14. The second-order valence-corrected chi connectivity index (χ2v) is 4.77. The molecule has 0 aliphatic rings. The van der Waals surface area contributed by atoms with Gasteiger partial charge in [0.15, 0.2) is 0 Å². The number of pyridine rings is 1. The Labute approximate surface area is 124 Å². The molecule has 0 fully saturated rings. The number of methoxy groups -OCH3 is 2. The lowest BCUT2D eigenvalue weighted by Crippen LogP contribution is -2.29. The van der Waals surface area contributed by atoms with E-state index in [4.69, 9.17) is 32.7 Å². The van der Waals surface area contributed by atoms with Gasteiger partial charge in [0.1, 0.15) is 5.82 Å². The van der Waals surface area contributed by atoms with Gasteiger partial charge in [0.25, 0.3) is 0 Å². The first kappa shape index (κ1) is 16.5. The second-order valence-electron chi connectivity index (χ2n) is 4.09. The maximum absolute atomic E-state index is 6.02. The molecule has 0 bridgehead atoms. The average molecular weight is 307 g/mol. The van der Waals surface area contributed by atoms with Crippen LogP contribution in [0.1, 0.15) is 12.0 Å². The lowest BCUT2D eigenvalue weighted by molar-refractivity contribution is 0.191. The SMILES string of the molecule is COCCCN(CCOC)c1cc(CCl)c(Cl)cn1. The molecule has 1 rings (SSSR count). The third kappa shape index (κ3) is 5.53. The molecule has 19 heavy (non-hydrogen) atoms. The Hall–Kier alpha value is -0.550. The Morgan fingerprint density at radius 3 is 2.58 bits per heavy atom. The van der Waals surface area contributed by atoms with Crippen LogP contribution >= 0.6 is 23.2 Å². The summed E-state index contributed by atoms with van der Waals surface area (Å²) in [5.41, 5.74) is 0.891. The zero-order chi connectivity index (χ0) is 14.1. The third-order valence-corrected chi connectivity index (χ3v) is 3.36. The summed E-state index contributed by atoms with van der Waals surface area (Å²) in [5, 5.41) is 0.599. The molecule has 0 radical (unpaired) electrons. The van der Waals surface area contributed by atoms with Crippen molar-refractivity contribution in [3.8, 4) is 0 Å². The first-order valence-electron chi connectivity index (χ1n) is 6.16. The second kappa shape index (κ2) is 9.37. The number of aromatic nitrogens is 1. The lowest BCUT2D eigenvalue weighted by Gasteiger charge is -2.24. The number of rotatable bonds is 9. The summed E-state index contributed by atoms with van der Waals surface area (Å²) in [5.74, 6) is 1.25. The highest BCUT2D eigenvalue weighted by atomic mass is 35.5. The molecule has 1 heterocycles. The molecule has 0 amide bonds. The van der Waals surface area contributed by atoms with E-state index in [2.05, 4.69) is 9.88 Å². The zero-order valence-corrected chi connectivity index (χ0v) is 12.9. The van der Waals surface area contributed by atoms with Crippen LogP contribution in [0.4, 0.5) is 5.82 Å². The van der Waals surface area contributed by atoms with E-state index in [1.165, 1.54) is 0 Å². The predicted molar refractivity (Wildman–Crippen MR) is 79.4 cm³/mol. The van der Waals surface area contributed by atoms with Gasteiger partial charge in [0.2, 0.25) is 0 Å². The molecule has 0 saturated carbocycles. The lowest BCUT2D eigenvalue weighted by atomic mass is 10.2. The summed E-state index contributed by atoms with van der Waals surface area (Å²) in [6, 6.07) is 1.93. The van der Waals surface area contributed by atoms with E-state index in [0.717, 1.165) is 37.5 Å². The number of hydrogen-bond acceptors (Lipinski definition) is 4. The molecule has 0 atom stereocenters. The Morgan fingerprint density at radius 2 is 1.95 bits per heavy atom. The van der Waals surface area contributed by atoms with Crippen LogP contribution < -0.4 is 4.90 Å². The third-order valence-electron chi connectivity index (χ3n) is 2.73. The molecule has 0 spiro atoms. The minimum absolute atomic E-state index is 0.380. The van der Waals surface area contributed by atoms with Crippen LogP contribution in [0, 0.1) is 0 Å². The first-order chi connectivity index (χ1) is 9.22. The van der Waals surface area contributed by atoms with Crippen LogP contribution in [-0.4, -0.2) is 45.5 Å². The van der Waals surface area contributed by atoms with Crippen LogP contribution in [-0.2, 0) is 15.4 Å². The first-order valence-corrected chi connectivity index (χ1v) is 7.07. The highest BCUT2D eigenvalue weighted by molar-refractivity contribution is 6.32. The van der Waals surface area contributed by atoms with Gasteiger partial charge in [-0.1, -0.05) is 11.6 Å². The van der Waals surface area contributed by atoms with Crippen LogP contribution in [0.2, 0.25) is 5.02 Å². The zero-order valence-electron chi connectivity index (χ0n) is 11.4. The van der Waals surface area contributed by atoms with E-state index in [9.17, 15) is 0 Å². The molecule has 1 aromatic rings. The molecule has 0 aromatic carbocycles. The molecule has 6 heteroatoms. The van der Waals surface area contributed by atoms with Crippen molar-refractivity contribution in [3.05, 3.63) is 22.8 Å². The van der Waals surface area contributed by atoms with E-state index in [1.54, 1.807) is 20.4 Å². The monoisotopic (exact) mass is 306 g/mol. The van der Waals surface area contributed by atoms with Crippen molar-refractivity contribution < 1.29 is 9.47 Å². The maximum atomic E-state index is 6.02. The quantitative estimate of drug-likeness (QED) is 0.519. The fraction of sp³-hybridized carbons (Fsp3) is 0.615. The van der Waals surface area contributed by atoms with Gasteiger partial charge in [0, 0.05) is 46.0 Å². The summed E-state index contributed by atoms with van der Waals surface area (Å²) in [7, 11) is 3.39. The van der Waals surface area contributed by atoms with Gasteiger partial charge in [-0.3, -0.25) is 0 Å². The van der Waals surface area contributed by atoms with Gasteiger partial charge in [-0.25, -0.2) is 4.98 Å². The normalized spacial score (nSPS) is 10.7. The topological polar surface area (TPSA) is 34.6 Å². The van der Waals surface area contributed by atoms with Gasteiger partial charge in [0.05, 0.1) is 11.6 Å². The summed E-state index contributed by atoms with van der Waals surface area (Å²) < 4.78 is 10.2. The van der Waals surface area contributed by atoms with Crippen LogP contribution in [0.3, 0.4) is 0 Å². The van der Waals surface area contributed by atoms with Gasteiger partial charge < -0.3 is 14.4 Å². The van der Waals surface area contributed by atoms with Gasteiger partial charge >= 0.3 is 0 Å². The fourth-order valence-corrected chi connectivity index (χ4v) is 2.14. The molecule has 0 saturated heterocycles. The molecule has 4 nitrogen and oxygen atoms in total. The van der Waals surface area contributed by atoms with Gasteiger partial charge in [-0.2, -0.15) is 0 Å². The number of hydrogen-bond donors (Lipinski definition) is 0. The molecular formula is C13H20Cl2N2O2. The summed E-state index contributed by atoms with van der Waals surface area (Å²) in [6.45, 7) is 3.00. The highest BCUT2D eigenvalue weighted by Gasteiger charge is 2.10. The standard InChI is InChI=1S/C13H20Cl2N2O2/c1-18-6-3-4-17(5-7-19-2)13-8-11(9-14)12(15)10-16-13/h8,10H,3-7,9H2,1-2H3. The molecule has 1 aromatic heterocycles. The Bertz CT molecular complexity index is 378. The largest absolute Gasteiger partial charge is 0.385 e. The Balaban J connectivity index is 2.76. The molecule has 0 N–H and O–H groups in total. The van der Waals surface area contributed by atoms with Gasteiger partial charge in [-0.05, 0) is 18.1 Å². The number of alkyl halides is 1. The minimum Gasteiger partial charge on any atom is -0.385 e. The maximum Gasteiger partial charge on any atom is 0.128 e. The van der Waals surface area contributed by atoms with E-state index in [-0.39, 0.29) is 0 Å². The number of nitrogens with zero attached hydrogens (tertiary/aromatic N) is 2.